The molecule has 25 heavy (non-hydrogen) atoms. The van der Waals surface area contributed by atoms with E-state index in [0.29, 0.717) is 34.8 Å². The minimum Gasteiger partial charge on any atom is -0.352 e. The van der Waals surface area contributed by atoms with Gasteiger partial charge in [-0.25, -0.2) is 0 Å². The number of amides is 2. The molecule has 2 N–H and O–H groups in total. The summed E-state index contributed by atoms with van der Waals surface area (Å²) in [7, 11) is 0. The molecule has 0 aliphatic rings. The number of carbonyl (C=O) groups excluding carboxylic acids is 2. The summed E-state index contributed by atoms with van der Waals surface area (Å²) in [6.45, 7) is 4.85. The number of hydrogen-bond donors (Lipinski definition) is 2. The molecule has 0 saturated heterocycles. The highest BCUT2D eigenvalue weighted by molar-refractivity contribution is 6.05. The van der Waals surface area contributed by atoms with E-state index in [4.69, 9.17) is 5.26 Å². The van der Waals surface area contributed by atoms with Gasteiger partial charge in [0.2, 0.25) is 0 Å². The van der Waals surface area contributed by atoms with Crippen molar-refractivity contribution in [2.75, 3.05) is 11.9 Å². The quantitative estimate of drug-likeness (QED) is 0.846. The monoisotopic (exact) mass is 335 g/mol. The number of nitrogens with zero attached hydrogens (tertiary/aromatic N) is 1. The predicted molar refractivity (Wildman–Crippen MR) is 97.3 cm³/mol. The summed E-state index contributed by atoms with van der Waals surface area (Å²) in [5, 5.41) is 14.4. The van der Waals surface area contributed by atoms with Gasteiger partial charge in [0.25, 0.3) is 11.8 Å². The van der Waals surface area contributed by atoms with Crippen molar-refractivity contribution in [2.45, 2.75) is 20.3 Å². The molecule has 2 aromatic rings. The number of hydrogen-bond acceptors (Lipinski definition) is 3. The topological polar surface area (TPSA) is 82.0 Å². The largest absolute Gasteiger partial charge is 0.352 e. The van der Waals surface area contributed by atoms with Crippen LogP contribution in [0, 0.1) is 17.2 Å². The second-order valence-electron chi connectivity index (χ2n) is 6.16. The first-order chi connectivity index (χ1) is 12.0. The Kier molecular flexibility index (Phi) is 6.30. The average Bonchev–Trinajstić information content (AvgIpc) is 2.62. The minimum absolute atomic E-state index is 0.139. The van der Waals surface area contributed by atoms with Gasteiger partial charge in [0.15, 0.2) is 0 Å². The fourth-order valence-electron chi connectivity index (χ4n) is 2.18. The smallest absolute Gasteiger partial charge is 0.255 e. The van der Waals surface area contributed by atoms with Crippen LogP contribution in [0.5, 0.6) is 0 Å². The summed E-state index contributed by atoms with van der Waals surface area (Å²) in [5.41, 5.74) is 2.13. The highest BCUT2D eigenvalue weighted by atomic mass is 16.2. The van der Waals surface area contributed by atoms with Crippen LogP contribution < -0.4 is 10.6 Å². The molecule has 0 saturated carbocycles. The molecule has 0 spiro atoms. The third kappa shape index (κ3) is 5.47. The third-order valence-electron chi connectivity index (χ3n) is 3.69. The third-order valence-corrected chi connectivity index (χ3v) is 3.69. The molecule has 2 rings (SSSR count). The zero-order valence-electron chi connectivity index (χ0n) is 14.4. The summed E-state index contributed by atoms with van der Waals surface area (Å²) < 4.78 is 0. The Hall–Kier alpha value is -3.13. The number of rotatable bonds is 6. The number of anilines is 1. The van der Waals surface area contributed by atoms with E-state index in [2.05, 4.69) is 24.5 Å². The van der Waals surface area contributed by atoms with Crippen LogP contribution in [0.25, 0.3) is 0 Å². The molecule has 0 atom stereocenters. The summed E-state index contributed by atoms with van der Waals surface area (Å²) in [6.07, 6.45) is 0.927. The van der Waals surface area contributed by atoms with Gasteiger partial charge < -0.3 is 10.6 Å². The standard InChI is InChI=1S/C20H21N3O2/c1-14(2)11-12-22-19(24)16-5-7-17(8-6-16)20(25)23-18-9-3-15(13-21)4-10-18/h3-10,14H,11-12H2,1-2H3,(H,22,24)(H,23,25). The highest BCUT2D eigenvalue weighted by Gasteiger charge is 2.09. The van der Waals surface area contributed by atoms with Crippen molar-refractivity contribution >= 4 is 17.5 Å². The molecule has 0 aromatic heterocycles. The molecule has 5 nitrogen and oxygen atoms in total. The van der Waals surface area contributed by atoms with E-state index in [-0.39, 0.29) is 11.8 Å². The zero-order valence-corrected chi connectivity index (χ0v) is 14.4. The van der Waals surface area contributed by atoms with Gasteiger partial charge in [-0.3, -0.25) is 9.59 Å². The SMILES string of the molecule is CC(C)CCNC(=O)c1ccc(C(=O)Nc2ccc(C#N)cc2)cc1. The van der Waals surface area contributed by atoms with Crippen molar-refractivity contribution in [3.05, 3.63) is 65.2 Å². The highest BCUT2D eigenvalue weighted by Crippen LogP contribution is 2.12. The van der Waals surface area contributed by atoms with Crippen molar-refractivity contribution < 1.29 is 9.59 Å². The van der Waals surface area contributed by atoms with Gasteiger partial charge in [0, 0.05) is 23.4 Å². The van der Waals surface area contributed by atoms with E-state index in [1.54, 1.807) is 48.5 Å². The molecule has 0 heterocycles. The van der Waals surface area contributed by atoms with Crippen molar-refractivity contribution in [1.29, 1.82) is 5.26 Å². The van der Waals surface area contributed by atoms with Crippen LogP contribution in [0.3, 0.4) is 0 Å². The van der Waals surface area contributed by atoms with Crippen LogP contribution in [0.2, 0.25) is 0 Å². The summed E-state index contributed by atoms with van der Waals surface area (Å²) in [4.78, 5) is 24.2. The number of benzene rings is 2. The van der Waals surface area contributed by atoms with Crippen LogP contribution in [-0.2, 0) is 0 Å². The van der Waals surface area contributed by atoms with E-state index in [1.165, 1.54) is 0 Å². The normalized spacial score (nSPS) is 10.2. The molecule has 0 unspecified atom stereocenters. The van der Waals surface area contributed by atoms with Crippen LogP contribution >= 0.6 is 0 Å². The van der Waals surface area contributed by atoms with Gasteiger partial charge in [-0.05, 0) is 60.9 Å². The lowest BCUT2D eigenvalue weighted by atomic mass is 10.1. The summed E-state index contributed by atoms with van der Waals surface area (Å²) in [6, 6.07) is 15.2. The molecule has 128 valence electrons. The van der Waals surface area contributed by atoms with Crippen LogP contribution in [0.1, 0.15) is 46.5 Å². The van der Waals surface area contributed by atoms with Crippen molar-refractivity contribution in [3.63, 3.8) is 0 Å². The molecular weight excluding hydrogens is 314 g/mol. The lowest BCUT2D eigenvalue weighted by Gasteiger charge is -2.08. The molecule has 2 aromatic carbocycles. The van der Waals surface area contributed by atoms with E-state index in [1.807, 2.05) is 6.07 Å². The fraction of sp³-hybridized carbons (Fsp3) is 0.250. The first kappa shape index (κ1) is 18.2. The van der Waals surface area contributed by atoms with Crippen molar-refractivity contribution in [1.82, 2.24) is 5.32 Å². The maximum absolute atomic E-state index is 12.2. The lowest BCUT2D eigenvalue weighted by molar-refractivity contribution is 0.0950. The molecule has 5 heteroatoms. The van der Waals surface area contributed by atoms with Crippen LogP contribution in [0.4, 0.5) is 5.69 Å². The van der Waals surface area contributed by atoms with Gasteiger partial charge in [-0.2, -0.15) is 5.26 Å². The van der Waals surface area contributed by atoms with Gasteiger partial charge in [0.05, 0.1) is 11.6 Å². The van der Waals surface area contributed by atoms with Gasteiger partial charge in [0.1, 0.15) is 0 Å². The maximum Gasteiger partial charge on any atom is 0.255 e. The maximum atomic E-state index is 12.2. The fourth-order valence-corrected chi connectivity index (χ4v) is 2.18. The van der Waals surface area contributed by atoms with E-state index in [9.17, 15) is 9.59 Å². The zero-order chi connectivity index (χ0) is 18.2. The average molecular weight is 335 g/mol. The number of carbonyl (C=O) groups is 2. The molecule has 0 fully saturated rings. The first-order valence-corrected chi connectivity index (χ1v) is 8.19. The van der Waals surface area contributed by atoms with Gasteiger partial charge in [-0.1, -0.05) is 13.8 Å². The Bertz CT molecular complexity index is 772. The Morgan fingerprint density at radius 1 is 0.960 bits per heavy atom. The van der Waals surface area contributed by atoms with Gasteiger partial charge >= 0.3 is 0 Å². The molecule has 2 amide bonds. The van der Waals surface area contributed by atoms with E-state index < -0.39 is 0 Å². The number of nitriles is 1. The molecular formula is C20H21N3O2. The Morgan fingerprint density at radius 2 is 1.52 bits per heavy atom. The molecule has 0 bridgehead atoms. The second-order valence-corrected chi connectivity index (χ2v) is 6.16. The molecule has 0 radical (unpaired) electrons. The molecule has 0 aliphatic carbocycles. The van der Waals surface area contributed by atoms with Crippen LogP contribution in [-0.4, -0.2) is 18.4 Å². The van der Waals surface area contributed by atoms with E-state index >= 15 is 0 Å². The predicted octanol–water partition coefficient (Wildman–Crippen LogP) is 3.59. The summed E-state index contributed by atoms with van der Waals surface area (Å²) in [5.74, 6) is 0.129. The number of nitrogens with one attached hydrogen (secondary N) is 2. The Balaban J connectivity index is 1.95. The minimum atomic E-state index is -0.267. The lowest BCUT2D eigenvalue weighted by Crippen LogP contribution is -2.25. The van der Waals surface area contributed by atoms with Gasteiger partial charge in [-0.15, -0.1) is 0 Å². The first-order valence-electron chi connectivity index (χ1n) is 8.19. The Morgan fingerprint density at radius 3 is 2.04 bits per heavy atom. The van der Waals surface area contributed by atoms with Crippen LogP contribution in [0.15, 0.2) is 48.5 Å². The van der Waals surface area contributed by atoms with E-state index in [0.717, 1.165) is 6.42 Å². The van der Waals surface area contributed by atoms with Crippen molar-refractivity contribution in [3.8, 4) is 6.07 Å². The van der Waals surface area contributed by atoms with Crippen molar-refractivity contribution in [2.24, 2.45) is 5.92 Å². The second kappa shape index (κ2) is 8.65. The molecule has 0 aliphatic heterocycles. The summed E-state index contributed by atoms with van der Waals surface area (Å²) >= 11 is 0. The Labute approximate surface area is 147 Å².